The van der Waals surface area contributed by atoms with Gasteiger partial charge >= 0.3 is 0 Å². The summed E-state index contributed by atoms with van der Waals surface area (Å²) in [7, 11) is -7.39. The Morgan fingerprint density at radius 3 is 2.26 bits per heavy atom. The fraction of sp³-hybridized carbons (Fsp3) is 0.160. The Hall–Kier alpha value is -3.47. The number of anilines is 1. The number of hydrogen-bond acceptors (Lipinski definition) is 5. The van der Waals surface area contributed by atoms with Gasteiger partial charge < -0.3 is 5.32 Å². The zero-order chi connectivity index (χ0) is 25.1. The van der Waals surface area contributed by atoms with Crippen molar-refractivity contribution >= 4 is 37.7 Å². The molecule has 0 saturated carbocycles. The molecule has 3 N–H and O–H groups in total. The lowest BCUT2D eigenvalue weighted by Gasteiger charge is -2.19. The Morgan fingerprint density at radius 2 is 1.57 bits per heavy atom. The number of nitrogens with zero attached hydrogens (tertiary/aromatic N) is 1. The second-order valence-corrected chi connectivity index (χ2v) is 11.5. The van der Waals surface area contributed by atoms with Crippen LogP contribution in [0.25, 0.3) is 6.08 Å². The van der Waals surface area contributed by atoms with Gasteiger partial charge in [-0.3, -0.25) is 9.10 Å². The Balaban J connectivity index is 1.32. The zero-order valence-corrected chi connectivity index (χ0v) is 20.4. The third kappa shape index (κ3) is 5.79. The fourth-order valence-corrected chi connectivity index (χ4v) is 5.86. The van der Waals surface area contributed by atoms with Crippen molar-refractivity contribution in [2.45, 2.75) is 22.6 Å². The van der Waals surface area contributed by atoms with Gasteiger partial charge in [0.1, 0.15) is 0 Å². The molecule has 0 fully saturated rings. The van der Waals surface area contributed by atoms with Crippen LogP contribution in [-0.2, 0) is 37.7 Å². The van der Waals surface area contributed by atoms with Crippen molar-refractivity contribution in [3.05, 3.63) is 95.6 Å². The zero-order valence-electron chi connectivity index (χ0n) is 18.8. The average molecular weight is 512 g/mol. The number of carbonyl (C=O) groups excluding carboxylic acids is 1. The smallest absolute Gasteiger partial charge is 0.264 e. The predicted molar refractivity (Wildman–Crippen MR) is 135 cm³/mol. The highest BCUT2D eigenvalue weighted by molar-refractivity contribution is 7.92. The van der Waals surface area contributed by atoms with E-state index in [-0.39, 0.29) is 15.7 Å². The van der Waals surface area contributed by atoms with Crippen molar-refractivity contribution in [2.75, 3.05) is 17.4 Å². The van der Waals surface area contributed by atoms with Crippen LogP contribution in [0.4, 0.5) is 5.69 Å². The van der Waals surface area contributed by atoms with E-state index in [9.17, 15) is 21.6 Å². The van der Waals surface area contributed by atoms with Crippen molar-refractivity contribution in [1.29, 1.82) is 0 Å². The van der Waals surface area contributed by atoms with E-state index in [1.807, 2.05) is 24.3 Å². The van der Waals surface area contributed by atoms with Crippen LogP contribution in [0.2, 0.25) is 0 Å². The van der Waals surface area contributed by atoms with E-state index in [1.165, 1.54) is 22.5 Å². The number of amides is 1. The molecule has 0 saturated heterocycles. The number of fused-ring (bicyclic) bond motifs is 1. The molecule has 0 bridgehead atoms. The van der Waals surface area contributed by atoms with Gasteiger partial charge in [-0.15, -0.1) is 0 Å². The maximum Gasteiger partial charge on any atom is 0.264 e. The van der Waals surface area contributed by atoms with Gasteiger partial charge in [-0.1, -0.05) is 42.5 Å². The molecule has 3 aromatic carbocycles. The van der Waals surface area contributed by atoms with Crippen LogP contribution in [0, 0.1) is 0 Å². The summed E-state index contributed by atoms with van der Waals surface area (Å²) in [5.74, 6) is -0.295. The van der Waals surface area contributed by atoms with Gasteiger partial charge in [-0.25, -0.2) is 22.0 Å². The third-order valence-electron chi connectivity index (χ3n) is 5.70. The van der Waals surface area contributed by atoms with Crippen molar-refractivity contribution < 1.29 is 21.6 Å². The van der Waals surface area contributed by atoms with Crippen LogP contribution in [0.3, 0.4) is 0 Å². The summed E-state index contributed by atoms with van der Waals surface area (Å²) in [4.78, 5) is 12.4. The summed E-state index contributed by atoms with van der Waals surface area (Å²) in [5, 5.41) is 7.84. The molecule has 0 atom stereocenters. The largest absolute Gasteiger partial charge is 0.352 e. The van der Waals surface area contributed by atoms with E-state index in [0.29, 0.717) is 37.2 Å². The molecule has 1 heterocycles. The minimum atomic E-state index is -3.73. The molecule has 182 valence electrons. The predicted octanol–water partition coefficient (Wildman–Crippen LogP) is 2.46. The first kappa shape index (κ1) is 24.6. The molecule has 0 radical (unpaired) electrons. The maximum absolute atomic E-state index is 13.1. The molecule has 4 rings (SSSR count). The topological polar surface area (TPSA) is 127 Å². The average Bonchev–Trinajstić information content (AvgIpc) is 3.28. The Morgan fingerprint density at radius 1 is 0.914 bits per heavy atom. The van der Waals surface area contributed by atoms with Crippen molar-refractivity contribution in [3.8, 4) is 0 Å². The molecule has 1 amide bonds. The first-order chi connectivity index (χ1) is 16.6. The van der Waals surface area contributed by atoms with Gasteiger partial charge in [0.25, 0.3) is 10.0 Å². The molecular formula is C25H25N3O5S2. The Kier molecular flexibility index (Phi) is 7.06. The van der Waals surface area contributed by atoms with E-state index in [4.69, 9.17) is 5.14 Å². The Bertz CT molecular complexity index is 1460. The SMILES string of the molecule is NS(=O)(=O)c1ccc(CCNC(=O)/C=C/c2ccc(S(=O)(=O)N3CCc4ccccc43)cc2)cc1. The molecule has 0 unspecified atom stereocenters. The van der Waals surface area contributed by atoms with E-state index >= 15 is 0 Å². The van der Waals surface area contributed by atoms with Crippen LogP contribution >= 0.6 is 0 Å². The number of sulfonamides is 2. The van der Waals surface area contributed by atoms with Crippen molar-refractivity contribution in [2.24, 2.45) is 5.14 Å². The standard InChI is InChI=1S/C25H25N3O5S2/c26-34(30,31)22-10-5-20(6-11-22)15-17-27-25(29)14-9-19-7-12-23(13-8-19)35(32,33)28-18-16-21-3-1-2-4-24(21)28/h1-14H,15-18H2,(H,27,29)(H2,26,30,31)/b14-9+. The van der Waals surface area contributed by atoms with E-state index in [1.54, 1.807) is 42.5 Å². The highest BCUT2D eigenvalue weighted by Gasteiger charge is 2.30. The van der Waals surface area contributed by atoms with Gasteiger partial charge in [0.05, 0.1) is 15.5 Å². The summed E-state index contributed by atoms with van der Waals surface area (Å²) in [6.45, 7) is 0.784. The second kappa shape index (κ2) is 10.0. The number of nitrogens with one attached hydrogen (secondary N) is 1. The molecule has 1 aliphatic heterocycles. The minimum absolute atomic E-state index is 0.0392. The van der Waals surface area contributed by atoms with Crippen LogP contribution < -0.4 is 14.8 Å². The monoisotopic (exact) mass is 511 g/mol. The van der Waals surface area contributed by atoms with Crippen LogP contribution in [-0.4, -0.2) is 35.8 Å². The number of hydrogen-bond donors (Lipinski definition) is 2. The summed E-state index contributed by atoms with van der Waals surface area (Å²) in [6, 6.07) is 20.0. The van der Waals surface area contributed by atoms with Crippen molar-refractivity contribution in [3.63, 3.8) is 0 Å². The third-order valence-corrected chi connectivity index (χ3v) is 8.46. The molecule has 3 aromatic rings. The first-order valence-corrected chi connectivity index (χ1v) is 13.9. The quantitative estimate of drug-likeness (QED) is 0.449. The number of para-hydroxylation sites is 1. The molecule has 0 spiro atoms. The molecule has 1 aliphatic rings. The van der Waals surface area contributed by atoms with Gasteiger partial charge in [0, 0.05) is 19.2 Å². The highest BCUT2D eigenvalue weighted by Crippen LogP contribution is 2.32. The summed E-state index contributed by atoms with van der Waals surface area (Å²) < 4.78 is 50.2. The van der Waals surface area contributed by atoms with Gasteiger partial charge in [0.2, 0.25) is 15.9 Å². The molecule has 10 heteroatoms. The van der Waals surface area contributed by atoms with Gasteiger partial charge in [0.15, 0.2) is 0 Å². The van der Waals surface area contributed by atoms with Crippen molar-refractivity contribution in [1.82, 2.24) is 5.32 Å². The Labute approximate surface area is 205 Å². The van der Waals surface area contributed by atoms with Gasteiger partial charge in [-0.05, 0) is 65.9 Å². The van der Waals surface area contributed by atoms with Gasteiger partial charge in [-0.2, -0.15) is 0 Å². The number of rotatable bonds is 8. The first-order valence-electron chi connectivity index (χ1n) is 10.9. The highest BCUT2D eigenvalue weighted by atomic mass is 32.2. The van der Waals surface area contributed by atoms with Crippen LogP contribution in [0.5, 0.6) is 0 Å². The molecular weight excluding hydrogens is 486 g/mol. The fourth-order valence-electron chi connectivity index (χ4n) is 3.84. The van der Waals surface area contributed by atoms with Crippen LogP contribution in [0.1, 0.15) is 16.7 Å². The van der Waals surface area contributed by atoms with E-state index in [0.717, 1.165) is 11.1 Å². The molecule has 0 aromatic heterocycles. The lowest BCUT2D eigenvalue weighted by atomic mass is 10.1. The molecule has 35 heavy (non-hydrogen) atoms. The van der Waals surface area contributed by atoms with E-state index < -0.39 is 20.0 Å². The minimum Gasteiger partial charge on any atom is -0.352 e. The van der Waals surface area contributed by atoms with Crippen LogP contribution in [0.15, 0.2) is 88.7 Å². The summed E-state index contributed by atoms with van der Waals surface area (Å²) in [5.41, 5.74) is 3.29. The molecule has 0 aliphatic carbocycles. The normalized spacial score (nSPS) is 13.7. The van der Waals surface area contributed by atoms with E-state index in [2.05, 4.69) is 5.32 Å². The number of nitrogens with two attached hydrogens (primary N) is 1. The number of primary sulfonamides is 1. The molecule has 8 nitrogen and oxygen atoms in total. The number of carbonyl (C=O) groups is 1. The second-order valence-electron chi connectivity index (χ2n) is 8.09. The maximum atomic E-state index is 13.1. The lowest BCUT2D eigenvalue weighted by molar-refractivity contribution is -0.116. The number of benzene rings is 3. The summed E-state index contributed by atoms with van der Waals surface area (Å²) >= 11 is 0. The lowest BCUT2D eigenvalue weighted by Crippen LogP contribution is -2.29. The summed E-state index contributed by atoms with van der Waals surface area (Å²) in [6.07, 6.45) is 4.20.